The number of rotatable bonds is 4. The van der Waals surface area contributed by atoms with Gasteiger partial charge in [0.15, 0.2) is 0 Å². The molecule has 0 spiro atoms. The molecule has 25 heavy (non-hydrogen) atoms. The Morgan fingerprint density at radius 3 is 2.20 bits per heavy atom. The second-order valence-electron chi connectivity index (χ2n) is 7.00. The first-order valence-corrected chi connectivity index (χ1v) is 8.94. The van der Waals surface area contributed by atoms with Gasteiger partial charge in [0.05, 0.1) is 11.1 Å². The lowest BCUT2D eigenvalue weighted by Crippen LogP contribution is -2.42. The van der Waals surface area contributed by atoms with E-state index in [1.807, 2.05) is 18.2 Å². The highest BCUT2D eigenvalue weighted by Crippen LogP contribution is 2.26. The summed E-state index contributed by atoms with van der Waals surface area (Å²) in [5.41, 5.74) is 2.40. The van der Waals surface area contributed by atoms with Crippen LogP contribution in [0.4, 0.5) is 0 Å². The van der Waals surface area contributed by atoms with Crippen molar-refractivity contribution in [1.29, 1.82) is 0 Å². The summed E-state index contributed by atoms with van der Waals surface area (Å²) >= 11 is 0. The van der Waals surface area contributed by atoms with Gasteiger partial charge in [0.2, 0.25) is 0 Å². The number of hydrogen-bond donors (Lipinski definition) is 0. The van der Waals surface area contributed by atoms with Crippen LogP contribution in [0.1, 0.15) is 39.1 Å². The first-order valence-electron chi connectivity index (χ1n) is 8.94. The Morgan fingerprint density at radius 2 is 1.52 bits per heavy atom. The van der Waals surface area contributed by atoms with Crippen molar-refractivity contribution in [3.8, 4) is 0 Å². The highest BCUT2D eigenvalue weighted by Gasteiger charge is 2.37. The van der Waals surface area contributed by atoms with Crippen molar-refractivity contribution >= 4 is 11.8 Å². The summed E-state index contributed by atoms with van der Waals surface area (Å²) < 4.78 is 0. The molecule has 0 radical (unpaired) electrons. The molecular weight excluding hydrogens is 312 g/mol. The number of hydrogen-bond acceptors (Lipinski definition) is 3. The van der Waals surface area contributed by atoms with E-state index in [0.717, 1.165) is 32.5 Å². The fraction of sp³-hybridized carbons (Fsp3) is 0.333. The second-order valence-corrected chi connectivity index (χ2v) is 7.00. The molecule has 1 atom stereocenters. The van der Waals surface area contributed by atoms with Gasteiger partial charge >= 0.3 is 0 Å². The van der Waals surface area contributed by atoms with E-state index in [0.29, 0.717) is 23.6 Å². The van der Waals surface area contributed by atoms with Crippen LogP contribution in [-0.4, -0.2) is 41.2 Å². The molecule has 4 rings (SSSR count). The monoisotopic (exact) mass is 334 g/mol. The quantitative estimate of drug-likeness (QED) is 0.806. The summed E-state index contributed by atoms with van der Waals surface area (Å²) in [6, 6.07) is 17.6. The van der Waals surface area contributed by atoms with Crippen molar-refractivity contribution in [2.45, 2.75) is 19.4 Å². The molecule has 2 amide bonds. The Balaban J connectivity index is 1.41. The van der Waals surface area contributed by atoms with Crippen LogP contribution in [0.5, 0.6) is 0 Å². The highest BCUT2D eigenvalue weighted by molar-refractivity contribution is 6.21. The van der Waals surface area contributed by atoms with E-state index in [1.54, 1.807) is 12.1 Å². The summed E-state index contributed by atoms with van der Waals surface area (Å²) in [7, 11) is 0. The first-order chi connectivity index (χ1) is 12.2. The van der Waals surface area contributed by atoms with Gasteiger partial charge < -0.3 is 0 Å². The van der Waals surface area contributed by atoms with Crippen LogP contribution >= 0.6 is 0 Å². The topological polar surface area (TPSA) is 40.6 Å². The van der Waals surface area contributed by atoms with Gasteiger partial charge in [-0.2, -0.15) is 0 Å². The van der Waals surface area contributed by atoms with E-state index in [2.05, 4.69) is 29.2 Å². The van der Waals surface area contributed by atoms with Crippen molar-refractivity contribution in [2.24, 2.45) is 5.92 Å². The zero-order chi connectivity index (χ0) is 17.2. The Kier molecular flexibility index (Phi) is 4.36. The number of carbonyl (C=O) groups is 2. The fourth-order valence-corrected chi connectivity index (χ4v) is 3.95. The Morgan fingerprint density at radius 1 is 0.880 bits per heavy atom. The molecule has 2 aliphatic rings. The van der Waals surface area contributed by atoms with Crippen molar-refractivity contribution < 1.29 is 9.59 Å². The molecule has 0 saturated carbocycles. The van der Waals surface area contributed by atoms with Gasteiger partial charge in [-0.3, -0.25) is 19.4 Å². The molecule has 0 aliphatic carbocycles. The number of likely N-dealkylation sites (tertiary alicyclic amines) is 1. The maximum Gasteiger partial charge on any atom is 0.261 e. The van der Waals surface area contributed by atoms with E-state index in [9.17, 15) is 9.59 Å². The third kappa shape index (κ3) is 3.22. The third-order valence-corrected chi connectivity index (χ3v) is 5.17. The third-order valence-electron chi connectivity index (χ3n) is 5.17. The zero-order valence-corrected chi connectivity index (χ0v) is 14.2. The zero-order valence-electron chi connectivity index (χ0n) is 14.2. The van der Waals surface area contributed by atoms with E-state index in [-0.39, 0.29) is 11.8 Å². The molecule has 1 unspecified atom stereocenters. The minimum atomic E-state index is -0.138. The number of amides is 2. The molecule has 0 N–H and O–H groups in total. The number of benzene rings is 2. The van der Waals surface area contributed by atoms with E-state index < -0.39 is 0 Å². The number of imide groups is 1. The Labute approximate surface area is 148 Å². The van der Waals surface area contributed by atoms with Crippen LogP contribution in [0.25, 0.3) is 0 Å². The van der Waals surface area contributed by atoms with Crippen LogP contribution in [-0.2, 0) is 6.54 Å². The Bertz CT molecular complexity index is 752. The molecular formula is C21H22N2O2. The molecule has 0 aromatic heterocycles. The molecule has 1 fully saturated rings. The van der Waals surface area contributed by atoms with E-state index in [1.165, 1.54) is 10.5 Å². The van der Waals surface area contributed by atoms with Gasteiger partial charge in [-0.15, -0.1) is 0 Å². The predicted octanol–water partition coefficient (Wildman–Crippen LogP) is 3.19. The standard InChI is InChI=1S/C21H22N2O2/c24-20-18-10-4-5-11-19(18)21(25)23(20)15-17-9-6-12-22(14-17)13-16-7-2-1-3-8-16/h1-5,7-8,10-11,17H,6,9,12-15H2. The van der Waals surface area contributed by atoms with Gasteiger partial charge in [0, 0.05) is 19.6 Å². The van der Waals surface area contributed by atoms with Gasteiger partial charge in [-0.05, 0) is 43.0 Å². The molecule has 2 heterocycles. The number of fused-ring (bicyclic) bond motifs is 1. The van der Waals surface area contributed by atoms with Gasteiger partial charge in [0.1, 0.15) is 0 Å². The molecule has 4 heteroatoms. The fourth-order valence-electron chi connectivity index (χ4n) is 3.95. The maximum absolute atomic E-state index is 12.5. The van der Waals surface area contributed by atoms with E-state index >= 15 is 0 Å². The number of piperidine rings is 1. The van der Waals surface area contributed by atoms with E-state index in [4.69, 9.17) is 0 Å². The van der Waals surface area contributed by atoms with Gasteiger partial charge in [0.25, 0.3) is 11.8 Å². The molecule has 1 saturated heterocycles. The molecule has 2 aliphatic heterocycles. The SMILES string of the molecule is O=C1c2ccccc2C(=O)N1CC1CCCN(Cc2ccccc2)C1. The first kappa shape index (κ1) is 16.0. The van der Waals surface area contributed by atoms with Crippen molar-refractivity contribution in [1.82, 2.24) is 9.80 Å². The highest BCUT2D eigenvalue weighted by atomic mass is 16.2. The summed E-state index contributed by atoms with van der Waals surface area (Å²) in [5, 5.41) is 0. The average Bonchev–Trinajstić information content (AvgIpc) is 2.88. The lowest BCUT2D eigenvalue weighted by atomic mass is 9.97. The van der Waals surface area contributed by atoms with Crippen LogP contribution in [0.3, 0.4) is 0 Å². The van der Waals surface area contributed by atoms with Crippen molar-refractivity contribution in [3.63, 3.8) is 0 Å². The van der Waals surface area contributed by atoms with Crippen LogP contribution in [0, 0.1) is 5.92 Å². The lowest BCUT2D eigenvalue weighted by molar-refractivity contribution is 0.0586. The minimum absolute atomic E-state index is 0.138. The number of carbonyl (C=O) groups excluding carboxylic acids is 2. The normalized spacial score (nSPS) is 20.8. The van der Waals surface area contributed by atoms with Crippen molar-refractivity contribution in [3.05, 3.63) is 71.3 Å². The number of nitrogens with zero attached hydrogens (tertiary/aromatic N) is 2. The van der Waals surface area contributed by atoms with Crippen LogP contribution < -0.4 is 0 Å². The predicted molar refractivity (Wildman–Crippen MR) is 96.3 cm³/mol. The smallest absolute Gasteiger partial charge is 0.261 e. The van der Waals surface area contributed by atoms with Crippen molar-refractivity contribution in [2.75, 3.05) is 19.6 Å². The molecule has 4 nitrogen and oxygen atoms in total. The molecule has 2 aromatic carbocycles. The minimum Gasteiger partial charge on any atom is -0.299 e. The average molecular weight is 334 g/mol. The summed E-state index contributed by atoms with van der Waals surface area (Å²) in [4.78, 5) is 29.0. The lowest BCUT2D eigenvalue weighted by Gasteiger charge is -2.34. The molecule has 0 bridgehead atoms. The summed E-state index contributed by atoms with van der Waals surface area (Å²) in [6.07, 6.45) is 2.18. The largest absolute Gasteiger partial charge is 0.299 e. The summed E-state index contributed by atoms with van der Waals surface area (Å²) in [5.74, 6) is 0.0706. The Hall–Kier alpha value is -2.46. The van der Waals surface area contributed by atoms with Gasteiger partial charge in [-0.25, -0.2) is 0 Å². The second kappa shape index (κ2) is 6.81. The van der Waals surface area contributed by atoms with Gasteiger partial charge in [-0.1, -0.05) is 42.5 Å². The molecule has 128 valence electrons. The molecule has 2 aromatic rings. The maximum atomic E-state index is 12.5. The van der Waals surface area contributed by atoms with Crippen LogP contribution in [0.15, 0.2) is 54.6 Å². The summed E-state index contributed by atoms with van der Waals surface area (Å²) in [6.45, 7) is 3.47. The van der Waals surface area contributed by atoms with Crippen LogP contribution in [0.2, 0.25) is 0 Å².